The summed E-state index contributed by atoms with van der Waals surface area (Å²) in [6.45, 7) is 1.74. The summed E-state index contributed by atoms with van der Waals surface area (Å²) in [6, 6.07) is -0.810. The Balaban J connectivity index is 2.32. The Morgan fingerprint density at radius 2 is 2.06 bits per heavy atom. The number of nitrogens with two attached hydrogens (primary N) is 1. The first kappa shape index (κ1) is 15.9. The Labute approximate surface area is 111 Å². The van der Waals surface area contributed by atoms with E-state index in [0.29, 0.717) is 6.42 Å². The zero-order valence-electron chi connectivity index (χ0n) is 10.7. The predicted molar refractivity (Wildman–Crippen MR) is 67.8 cm³/mol. The molecule has 0 aromatic rings. The molecule has 0 aliphatic carbocycles. The molecule has 7 heteroatoms. The zero-order chi connectivity index (χ0) is 13.9. The van der Waals surface area contributed by atoms with E-state index >= 15 is 0 Å². The Morgan fingerprint density at radius 1 is 1.44 bits per heavy atom. The van der Waals surface area contributed by atoms with Gasteiger partial charge in [-0.2, -0.15) is 0 Å². The minimum atomic E-state index is -1.05. The maximum absolute atomic E-state index is 10.6. The molecule has 1 aliphatic rings. The van der Waals surface area contributed by atoms with Crippen LogP contribution in [0.1, 0.15) is 13.3 Å². The van der Waals surface area contributed by atoms with E-state index in [-0.39, 0.29) is 12.2 Å². The van der Waals surface area contributed by atoms with Gasteiger partial charge in [0.05, 0.1) is 0 Å². The fourth-order valence-electron chi connectivity index (χ4n) is 1.89. The fraction of sp³-hybridized carbons (Fsp3) is 0.909. The molecule has 2 unspecified atom stereocenters. The summed E-state index contributed by atoms with van der Waals surface area (Å²) < 4.78 is 5.49. The Kier molecular flexibility index (Phi) is 6.04. The minimum absolute atomic E-state index is 0.328. The van der Waals surface area contributed by atoms with Crippen molar-refractivity contribution in [3.8, 4) is 0 Å². The molecule has 0 bridgehead atoms. The number of aliphatic hydroxyl groups excluding tert-OH is 2. The van der Waals surface area contributed by atoms with Gasteiger partial charge < -0.3 is 0 Å². The van der Waals surface area contributed by atoms with Crippen LogP contribution in [-0.2, 0) is 9.53 Å². The summed E-state index contributed by atoms with van der Waals surface area (Å²) in [4.78, 5) is 10.6. The molecule has 6 nitrogen and oxygen atoms in total. The van der Waals surface area contributed by atoms with Crippen molar-refractivity contribution in [2.75, 3.05) is 0 Å². The van der Waals surface area contributed by atoms with E-state index in [1.807, 2.05) is 0 Å². The van der Waals surface area contributed by atoms with Crippen molar-refractivity contribution in [1.82, 2.24) is 0 Å². The van der Waals surface area contributed by atoms with E-state index in [2.05, 4.69) is 5.82 Å². The molecule has 1 radical (unpaired) electrons. The molecule has 1 saturated heterocycles. The molecule has 1 rings (SSSR count). The van der Waals surface area contributed by atoms with Crippen molar-refractivity contribution in [3.63, 3.8) is 0 Å². The van der Waals surface area contributed by atoms with Crippen LogP contribution in [0.3, 0.4) is 0 Å². The summed E-state index contributed by atoms with van der Waals surface area (Å²) in [5, 5.41) is 29.5. The molecule has 5 N–H and O–H groups in total. The summed E-state index contributed by atoms with van der Waals surface area (Å²) in [5.41, 5.74) is 5.44. The number of carbonyl (C=O) groups is 1. The molecule has 0 aromatic carbocycles. The summed E-state index contributed by atoms with van der Waals surface area (Å²) in [6.07, 6.45) is -1.87. The van der Waals surface area contributed by atoms with E-state index in [1.54, 1.807) is 6.92 Å². The van der Waals surface area contributed by atoms with Crippen LogP contribution in [0.2, 0.25) is 16.5 Å². The van der Waals surface area contributed by atoms with E-state index in [0.717, 1.165) is 10.6 Å². The number of hydrogen-bond acceptors (Lipinski definition) is 5. The summed E-state index contributed by atoms with van der Waals surface area (Å²) in [7, 11) is 0. The molecular weight excluding hydrogens is 305 g/mol. The monoisotopic (exact) mass is 328 g/mol. The average molecular weight is 327 g/mol. The van der Waals surface area contributed by atoms with Gasteiger partial charge in [0.25, 0.3) is 0 Å². The molecule has 0 amide bonds. The molecular formula is C11H22NO5Se. The van der Waals surface area contributed by atoms with Crippen molar-refractivity contribution >= 4 is 19.9 Å². The van der Waals surface area contributed by atoms with E-state index in [4.69, 9.17) is 15.6 Å². The molecule has 1 fully saturated rings. The molecule has 0 spiro atoms. The second kappa shape index (κ2) is 6.84. The van der Waals surface area contributed by atoms with Gasteiger partial charge in [-0.25, -0.2) is 0 Å². The first-order valence-corrected chi connectivity index (χ1v) is 10.1. The number of carboxylic acids is 1. The number of aliphatic hydroxyl groups is 2. The van der Waals surface area contributed by atoms with E-state index in [9.17, 15) is 15.0 Å². The molecule has 1 aliphatic heterocycles. The zero-order valence-corrected chi connectivity index (χ0v) is 12.4. The first-order valence-electron chi connectivity index (χ1n) is 5.92. The third-order valence-corrected chi connectivity index (χ3v) is 6.98. The third-order valence-electron chi connectivity index (χ3n) is 3.14. The Morgan fingerprint density at radius 3 is 2.50 bits per heavy atom. The van der Waals surface area contributed by atoms with Gasteiger partial charge in [-0.3, -0.25) is 0 Å². The van der Waals surface area contributed by atoms with Crippen molar-refractivity contribution in [1.29, 1.82) is 0 Å². The van der Waals surface area contributed by atoms with Crippen molar-refractivity contribution < 1.29 is 24.9 Å². The van der Waals surface area contributed by atoms with Crippen molar-refractivity contribution in [3.05, 3.63) is 0 Å². The molecule has 0 aromatic heterocycles. The van der Waals surface area contributed by atoms with E-state index in [1.165, 1.54) is 0 Å². The molecule has 0 saturated carbocycles. The van der Waals surface area contributed by atoms with Gasteiger partial charge in [-0.1, -0.05) is 0 Å². The van der Waals surface area contributed by atoms with Crippen LogP contribution < -0.4 is 5.73 Å². The number of hydrogen-bond donors (Lipinski definition) is 4. The second-order valence-corrected chi connectivity index (χ2v) is 9.58. The number of aliphatic carboxylic acids is 1. The summed E-state index contributed by atoms with van der Waals surface area (Å²) >= 11 is -1.05. The van der Waals surface area contributed by atoms with Crippen LogP contribution in [0.4, 0.5) is 0 Å². The average Bonchev–Trinajstić information content (AvgIpc) is 2.54. The Hall–Kier alpha value is -0.171. The van der Waals surface area contributed by atoms with Gasteiger partial charge in [-0.05, 0) is 0 Å². The van der Waals surface area contributed by atoms with Crippen molar-refractivity contribution in [2.45, 2.75) is 60.3 Å². The van der Waals surface area contributed by atoms with Gasteiger partial charge in [0.2, 0.25) is 0 Å². The SMILES string of the molecule is CC1OC(C[Se](C)CC[C@@H](N)C(=O)O)[C@@H](O)[C@H]1O. The molecule has 1 heterocycles. The topological polar surface area (TPSA) is 113 Å². The standard InChI is InChI=1S/C11H22NO5Se/c1-6-9(13)10(14)8(17-6)5-18(2)4-3-7(12)11(15)16/h6-10,13-14H,3-5,12H2,1-2H3,(H,15,16)/t6?,7-,8?,9+,10-/m1/s1. The van der Waals surface area contributed by atoms with Gasteiger partial charge in [0.15, 0.2) is 0 Å². The molecule has 107 valence electrons. The van der Waals surface area contributed by atoms with Crippen molar-refractivity contribution in [2.24, 2.45) is 5.73 Å². The van der Waals surface area contributed by atoms with Crippen LogP contribution in [0.25, 0.3) is 0 Å². The van der Waals surface area contributed by atoms with Gasteiger partial charge in [0.1, 0.15) is 0 Å². The van der Waals surface area contributed by atoms with Crippen LogP contribution in [-0.4, -0.2) is 65.6 Å². The second-order valence-electron chi connectivity index (χ2n) is 4.75. The molecule has 18 heavy (non-hydrogen) atoms. The Bertz CT molecular complexity index is 291. The van der Waals surface area contributed by atoms with Crippen LogP contribution in [0, 0.1) is 0 Å². The van der Waals surface area contributed by atoms with Gasteiger partial charge >= 0.3 is 111 Å². The van der Waals surface area contributed by atoms with E-state index < -0.39 is 38.1 Å². The van der Waals surface area contributed by atoms with Gasteiger partial charge in [0, 0.05) is 0 Å². The third kappa shape index (κ3) is 4.19. The number of ether oxygens (including phenoxy) is 1. The van der Waals surface area contributed by atoms with Crippen LogP contribution in [0.5, 0.6) is 0 Å². The predicted octanol–water partition coefficient (Wildman–Crippen LogP) is -0.578. The number of rotatable bonds is 6. The van der Waals surface area contributed by atoms with Crippen LogP contribution >= 0.6 is 0 Å². The first-order chi connectivity index (χ1) is 8.32. The van der Waals surface area contributed by atoms with Gasteiger partial charge in [-0.15, -0.1) is 0 Å². The quantitative estimate of drug-likeness (QED) is 0.486. The fourth-order valence-corrected chi connectivity index (χ4v) is 5.37. The maximum atomic E-state index is 10.6. The van der Waals surface area contributed by atoms with Crippen LogP contribution in [0.15, 0.2) is 0 Å². The number of carboxylic acid groups (broad SMARTS) is 1. The molecule has 5 atom stereocenters. The normalized spacial score (nSPS) is 33.9. The summed E-state index contributed by atoms with van der Waals surface area (Å²) in [5.74, 6) is 1.11.